The van der Waals surface area contributed by atoms with Gasteiger partial charge in [0.15, 0.2) is 0 Å². The highest BCUT2D eigenvalue weighted by Crippen LogP contribution is 2.35. The van der Waals surface area contributed by atoms with E-state index in [-0.39, 0.29) is 18.1 Å². The summed E-state index contributed by atoms with van der Waals surface area (Å²) in [6, 6.07) is 11.2. The molecule has 4 heterocycles. The van der Waals surface area contributed by atoms with Crippen LogP contribution >= 0.6 is 11.8 Å². The predicted molar refractivity (Wildman–Crippen MR) is 135 cm³/mol. The van der Waals surface area contributed by atoms with Gasteiger partial charge in [-0.25, -0.2) is 14.8 Å². The predicted octanol–water partition coefficient (Wildman–Crippen LogP) is 3.02. The molecule has 1 atom stereocenters. The highest BCUT2D eigenvalue weighted by Gasteiger charge is 2.37. The molecule has 0 radical (unpaired) electrons. The van der Waals surface area contributed by atoms with E-state index in [0.717, 1.165) is 46.1 Å². The average Bonchev–Trinajstić information content (AvgIpc) is 3.24. The van der Waals surface area contributed by atoms with Crippen LogP contribution in [-0.4, -0.2) is 78.6 Å². The summed E-state index contributed by atoms with van der Waals surface area (Å²) in [5.74, 6) is 1.98. The molecule has 0 spiro atoms. The third-order valence-corrected chi connectivity index (χ3v) is 7.54. The number of likely N-dealkylation sites (tertiary alicyclic amines) is 1. The maximum absolute atomic E-state index is 12.5. The first kappa shape index (κ1) is 22.9. The zero-order valence-corrected chi connectivity index (χ0v) is 20.5. The minimum Gasteiger partial charge on any atom is -0.497 e. The lowest BCUT2D eigenvalue weighted by Crippen LogP contribution is -2.52. The Kier molecular flexibility index (Phi) is 6.02. The highest BCUT2D eigenvalue weighted by atomic mass is 32.2. The molecule has 2 fully saturated rings. The van der Waals surface area contributed by atoms with E-state index in [4.69, 9.17) is 14.2 Å². The quantitative estimate of drug-likeness (QED) is 0.516. The third-order valence-electron chi connectivity index (χ3n) is 6.47. The van der Waals surface area contributed by atoms with Crippen molar-refractivity contribution in [2.24, 2.45) is 5.92 Å². The van der Waals surface area contributed by atoms with E-state index in [0.29, 0.717) is 37.2 Å². The summed E-state index contributed by atoms with van der Waals surface area (Å²) in [4.78, 5) is 38.0. The lowest BCUT2D eigenvalue weighted by molar-refractivity contribution is -0.113. The molecular formula is C25H25N5O5S. The van der Waals surface area contributed by atoms with Crippen molar-refractivity contribution >= 4 is 46.2 Å². The Morgan fingerprint density at radius 2 is 2.03 bits per heavy atom. The van der Waals surface area contributed by atoms with Gasteiger partial charge in [-0.1, -0.05) is 0 Å². The van der Waals surface area contributed by atoms with Gasteiger partial charge in [-0.2, -0.15) is 0 Å². The number of amides is 2. The van der Waals surface area contributed by atoms with E-state index in [1.807, 2.05) is 36.4 Å². The Morgan fingerprint density at radius 1 is 1.14 bits per heavy atom. The minimum absolute atomic E-state index is 0.0317. The first-order chi connectivity index (χ1) is 17.5. The third kappa shape index (κ3) is 4.63. The van der Waals surface area contributed by atoms with Crippen LogP contribution < -0.4 is 19.7 Å². The first-order valence-electron chi connectivity index (χ1n) is 11.7. The number of anilines is 2. The number of cyclic esters (lactones) is 1. The summed E-state index contributed by atoms with van der Waals surface area (Å²) in [6.45, 7) is 3.43. The number of carbonyl (C=O) groups is 2. The molecule has 0 aliphatic carbocycles. The molecule has 3 aliphatic rings. The van der Waals surface area contributed by atoms with Gasteiger partial charge in [-0.05, 0) is 30.3 Å². The van der Waals surface area contributed by atoms with Crippen LogP contribution in [0.3, 0.4) is 0 Å². The normalized spacial score (nSPS) is 20.0. The van der Waals surface area contributed by atoms with Crippen LogP contribution in [0.2, 0.25) is 0 Å². The molecule has 2 aromatic carbocycles. The van der Waals surface area contributed by atoms with Crippen molar-refractivity contribution < 1.29 is 23.8 Å². The van der Waals surface area contributed by atoms with Crippen LogP contribution in [-0.2, 0) is 9.53 Å². The van der Waals surface area contributed by atoms with E-state index in [9.17, 15) is 9.59 Å². The molecule has 6 rings (SSSR count). The molecule has 2 saturated heterocycles. The van der Waals surface area contributed by atoms with Crippen molar-refractivity contribution in [1.82, 2.24) is 14.9 Å². The maximum atomic E-state index is 12.5. The molecule has 0 unspecified atom stereocenters. The number of nitrogens with zero attached hydrogens (tertiary/aromatic N) is 4. The van der Waals surface area contributed by atoms with Crippen LogP contribution in [0, 0.1) is 5.92 Å². The van der Waals surface area contributed by atoms with Gasteiger partial charge >= 0.3 is 6.09 Å². The number of ether oxygens (including phenoxy) is 3. The minimum atomic E-state index is -0.360. The van der Waals surface area contributed by atoms with E-state index in [1.54, 1.807) is 18.2 Å². The number of methoxy groups -OCH3 is 1. The van der Waals surface area contributed by atoms with Gasteiger partial charge in [0.1, 0.15) is 11.9 Å². The molecule has 10 nitrogen and oxygen atoms in total. The average molecular weight is 508 g/mol. The lowest BCUT2D eigenvalue weighted by Gasteiger charge is -2.39. The Bertz CT molecular complexity index is 1330. The molecule has 0 bridgehead atoms. The Labute approximate surface area is 211 Å². The van der Waals surface area contributed by atoms with Crippen LogP contribution in [0.25, 0.3) is 11.0 Å². The fourth-order valence-electron chi connectivity index (χ4n) is 4.66. The van der Waals surface area contributed by atoms with Crippen LogP contribution in [0.5, 0.6) is 11.6 Å². The van der Waals surface area contributed by atoms with Gasteiger partial charge in [0.2, 0.25) is 11.8 Å². The number of benzene rings is 2. The SMILES string of the molecule is COc1ccc2ncc(OCC3CN(C[C@@H]4CN(c5ccc6c(c5)NC(=O)CS6)C(=O)O4)C3)nc2c1. The van der Waals surface area contributed by atoms with Gasteiger partial charge < -0.3 is 19.5 Å². The molecule has 3 aliphatic heterocycles. The van der Waals surface area contributed by atoms with E-state index in [1.165, 1.54) is 11.8 Å². The maximum Gasteiger partial charge on any atom is 0.414 e. The van der Waals surface area contributed by atoms with Crippen LogP contribution in [0.4, 0.5) is 16.2 Å². The van der Waals surface area contributed by atoms with Gasteiger partial charge in [-0.3, -0.25) is 14.6 Å². The van der Waals surface area contributed by atoms with Crippen molar-refractivity contribution in [1.29, 1.82) is 0 Å². The Morgan fingerprint density at radius 3 is 2.89 bits per heavy atom. The number of aromatic nitrogens is 2. The van der Waals surface area contributed by atoms with Crippen molar-refractivity contribution in [3.05, 3.63) is 42.6 Å². The summed E-state index contributed by atoms with van der Waals surface area (Å²) in [7, 11) is 1.62. The summed E-state index contributed by atoms with van der Waals surface area (Å²) < 4.78 is 16.8. The van der Waals surface area contributed by atoms with Gasteiger partial charge in [-0.15, -0.1) is 11.8 Å². The second kappa shape index (κ2) is 9.47. The number of nitrogens with one attached hydrogen (secondary N) is 1. The van der Waals surface area contributed by atoms with Crippen molar-refractivity contribution in [3.8, 4) is 11.6 Å². The van der Waals surface area contributed by atoms with E-state index in [2.05, 4.69) is 20.2 Å². The number of thioether (sulfide) groups is 1. The number of hydrogen-bond donors (Lipinski definition) is 1. The number of carbonyl (C=O) groups excluding carboxylic acids is 2. The molecular weight excluding hydrogens is 482 g/mol. The lowest BCUT2D eigenvalue weighted by atomic mass is 10.0. The second-order valence-corrected chi connectivity index (χ2v) is 10.1. The first-order valence-corrected chi connectivity index (χ1v) is 12.7. The zero-order chi connectivity index (χ0) is 24.6. The molecule has 2 amide bonds. The summed E-state index contributed by atoms with van der Waals surface area (Å²) in [6.07, 6.45) is 1.07. The number of fused-ring (bicyclic) bond motifs is 2. The fourth-order valence-corrected chi connectivity index (χ4v) is 5.45. The summed E-state index contributed by atoms with van der Waals surface area (Å²) >= 11 is 1.50. The largest absolute Gasteiger partial charge is 0.497 e. The van der Waals surface area contributed by atoms with E-state index < -0.39 is 0 Å². The molecule has 36 heavy (non-hydrogen) atoms. The molecule has 1 N–H and O–H groups in total. The zero-order valence-electron chi connectivity index (χ0n) is 19.7. The molecule has 0 saturated carbocycles. The van der Waals surface area contributed by atoms with Crippen molar-refractivity contribution in [2.45, 2.75) is 11.0 Å². The number of hydrogen-bond acceptors (Lipinski definition) is 9. The monoisotopic (exact) mass is 507 g/mol. The highest BCUT2D eigenvalue weighted by molar-refractivity contribution is 8.00. The van der Waals surface area contributed by atoms with E-state index >= 15 is 0 Å². The van der Waals surface area contributed by atoms with Crippen LogP contribution in [0.1, 0.15) is 0 Å². The standard InChI is InChI=1S/C25H25N5O5S/c1-33-17-3-4-19-20(7-17)28-24(8-26-19)34-13-15-9-29(10-15)11-18-12-30(25(32)35-18)16-2-5-22-21(6-16)27-23(31)14-36-22/h2-8,15,18H,9-14H2,1H3,(H,27,31)/t18-/m1/s1. The molecule has 11 heteroatoms. The number of rotatable bonds is 7. The molecule has 3 aromatic rings. The smallest absolute Gasteiger partial charge is 0.414 e. The fraction of sp³-hybridized carbons (Fsp3) is 0.360. The molecule has 186 valence electrons. The summed E-state index contributed by atoms with van der Waals surface area (Å²) in [5, 5.41) is 2.87. The second-order valence-electron chi connectivity index (χ2n) is 9.09. The van der Waals surface area contributed by atoms with Crippen LogP contribution in [0.15, 0.2) is 47.5 Å². The Hall–Kier alpha value is -3.57. The van der Waals surface area contributed by atoms with Gasteiger partial charge in [0.25, 0.3) is 0 Å². The molecule has 1 aromatic heterocycles. The summed E-state index contributed by atoms with van der Waals surface area (Å²) in [5.41, 5.74) is 2.99. The van der Waals surface area contributed by atoms with Crippen molar-refractivity contribution in [2.75, 3.05) is 55.9 Å². The Balaban J connectivity index is 0.988. The van der Waals surface area contributed by atoms with Gasteiger partial charge in [0.05, 0.1) is 48.9 Å². The van der Waals surface area contributed by atoms with Gasteiger partial charge in [0, 0.05) is 42.2 Å². The van der Waals surface area contributed by atoms with Crippen molar-refractivity contribution in [3.63, 3.8) is 0 Å². The topological polar surface area (TPSA) is 106 Å².